The summed E-state index contributed by atoms with van der Waals surface area (Å²) in [7, 11) is 0. The van der Waals surface area contributed by atoms with Gasteiger partial charge >= 0.3 is 0 Å². The molecule has 0 spiro atoms. The van der Waals surface area contributed by atoms with Gasteiger partial charge in [-0.25, -0.2) is 5.43 Å². The summed E-state index contributed by atoms with van der Waals surface area (Å²) in [4.78, 5) is 11.7. The van der Waals surface area contributed by atoms with Crippen LogP contribution in [0.25, 0.3) is 0 Å². The maximum absolute atomic E-state index is 11.7. The van der Waals surface area contributed by atoms with E-state index in [1.54, 1.807) is 18.2 Å². The Morgan fingerprint density at radius 3 is 2.68 bits per heavy atom. The van der Waals surface area contributed by atoms with Crippen LogP contribution < -0.4 is 10.2 Å². The van der Waals surface area contributed by atoms with Gasteiger partial charge in [-0.05, 0) is 46.6 Å². The number of nitrogens with one attached hydrogen (secondary N) is 1. The molecule has 2 rings (SSSR count). The molecule has 114 valence electrons. The zero-order valence-electron chi connectivity index (χ0n) is 11.8. The fraction of sp³-hybridized carbons (Fsp3) is 0.125. The molecule has 2 aromatic rings. The number of rotatable bonds is 5. The standard InChI is InChI=1S/C16H14BrClN2O2/c1-11(12-5-3-2-4-6-12)19-20-16(21)10-22-15-8-7-13(18)9-14(15)17/h2-9H,10H2,1H3,(H,20,21). The fourth-order valence-electron chi connectivity index (χ4n) is 1.66. The molecule has 0 heterocycles. The molecule has 0 aliphatic rings. The molecule has 0 bridgehead atoms. The van der Waals surface area contributed by atoms with E-state index < -0.39 is 0 Å². The van der Waals surface area contributed by atoms with Crippen molar-refractivity contribution < 1.29 is 9.53 Å². The van der Waals surface area contributed by atoms with E-state index in [2.05, 4.69) is 26.5 Å². The largest absolute Gasteiger partial charge is 0.483 e. The summed E-state index contributed by atoms with van der Waals surface area (Å²) in [5.41, 5.74) is 4.14. The van der Waals surface area contributed by atoms with Gasteiger partial charge in [-0.3, -0.25) is 4.79 Å². The smallest absolute Gasteiger partial charge is 0.277 e. The van der Waals surface area contributed by atoms with Gasteiger partial charge in [0, 0.05) is 5.02 Å². The normalized spacial score (nSPS) is 11.1. The van der Waals surface area contributed by atoms with Gasteiger partial charge in [0.05, 0.1) is 10.2 Å². The van der Waals surface area contributed by atoms with E-state index in [9.17, 15) is 4.79 Å². The Morgan fingerprint density at radius 2 is 2.00 bits per heavy atom. The summed E-state index contributed by atoms with van der Waals surface area (Å²) in [5, 5.41) is 4.64. The SMILES string of the molecule is CC(=NNC(=O)COc1ccc(Cl)cc1Br)c1ccccc1. The van der Waals surface area contributed by atoms with Crippen LogP contribution in [0.3, 0.4) is 0 Å². The molecule has 0 radical (unpaired) electrons. The van der Waals surface area contributed by atoms with Gasteiger partial charge in [0.1, 0.15) is 5.75 Å². The number of carbonyl (C=O) groups excluding carboxylic acids is 1. The van der Waals surface area contributed by atoms with Crippen LogP contribution in [0.5, 0.6) is 5.75 Å². The molecule has 0 unspecified atom stereocenters. The van der Waals surface area contributed by atoms with Crippen molar-refractivity contribution in [2.45, 2.75) is 6.92 Å². The van der Waals surface area contributed by atoms with Gasteiger partial charge in [0.15, 0.2) is 6.61 Å². The number of hydrogen-bond acceptors (Lipinski definition) is 3. The number of hydrazone groups is 1. The van der Waals surface area contributed by atoms with Gasteiger partial charge in [-0.1, -0.05) is 41.9 Å². The highest BCUT2D eigenvalue weighted by molar-refractivity contribution is 9.10. The van der Waals surface area contributed by atoms with Gasteiger partial charge in [0.25, 0.3) is 5.91 Å². The first-order chi connectivity index (χ1) is 10.6. The van der Waals surface area contributed by atoms with Crippen molar-refractivity contribution in [1.82, 2.24) is 5.43 Å². The third kappa shape index (κ3) is 4.86. The van der Waals surface area contributed by atoms with Crippen molar-refractivity contribution in [2.75, 3.05) is 6.61 Å². The van der Waals surface area contributed by atoms with Crippen LogP contribution in [-0.2, 0) is 4.79 Å². The molecular formula is C16H14BrClN2O2. The molecule has 0 aliphatic heterocycles. The molecule has 0 fully saturated rings. The molecule has 0 saturated heterocycles. The minimum atomic E-state index is -0.336. The summed E-state index contributed by atoms with van der Waals surface area (Å²) in [6.07, 6.45) is 0. The van der Waals surface area contributed by atoms with Gasteiger partial charge in [-0.2, -0.15) is 5.10 Å². The van der Waals surface area contributed by atoms with E-state index >= 15 is 0 Å². The topological polar surface area (TPSA) is 50.7 Å². The number of ether oxygens (including phenoxy) is 1. The summed E-state index contributed by atoms with van der Waals surface area (Å²) < 4.78 is 6.10. The Balaban J connectivity index is 1.88. The number of benzene rings is 2. The Hall–Kier alpha value is -1.85. The molecule has 1 N–H and O–H groups in total. The molecule has 1 amide bonds. The Labute approximate surface area is 142 Å². The highest BCUT2D eigenvalue weighted by Crippen LogP contribution is 2.27. The molecule has 0 aliphatic carbocycles. The minimum Gasteiger partial charge on any atom is -0.483 e. The van der Waals surface area contributed by atoms with E-state index in [-0.39, 0.29) is 12.5 Å². The average Bonchev–Trinajstić information content (AvgIpc) is 2.52. The Morgan fingerprint density at radius 1 is 1.27 bits per heavy atom. The van der Waals surface area contributed by atoms with Crippen molar-refractivity contribution in [1.29, 1.82) is 0 Å². The lowest BCUT2D eigenvalue weighted by molar-refractivity contribution is -0.123. The number of amides is 1. The predicted molar refractivity (Wildman–Crippen MR) is 91.4 cm³/mol. The third-order valence-electron chi connectivity index (χ3n) is 2.79. The second kappa shape index (κ2) is 7.96. The first-order valence-corrected chi connectivity index (χ1v) is 7.70. The zero-order chi connectivity index (χ0) is 15.9. The highest BCUT2D eigenvalue weighted by Gasteiger charge is 2.06. The summed E-state index contributed by atoms with van der Waals surface area (Å²) in [5.74, 6) is 0.209. The predicted octanol–water partition coefficient (Wildman–Crippen LogP) is 4.02. The maximum atomic E-state index is 11.7. The second-order valence-electron chi connectivity index (χ2n) is 4.46. The van der Waals surface area contributed by atoms with E-state index in [4.69, 9.17) is 16.3 Å². The average molecular weight is 382 g/mol. The van der Waals surface area contributed by atoms with Crippen molar-refractivity contribution in [3.63, 3.8) is 0 Å². The lowest BCUT2D eigenvalue weighted by atomic mass is 10.1. The van der Waals surface area contributed by atoms with Crippen LogP contribution in [-0.4, -0.2) is 18.2 Å². The van der Waals surface area contributed by atoms with E-state index in [0.29, 0.717) is 15.2 Å². The van der Waals surface area contributed by atoms with Gasteiger partial charge < -0.3 is 4.74 Å². The maximum Gasteiger partial charge on any atom is 0.277 e. The van der Waals surface area contributed by atoms with Crippen LogP contribution in [0.4, 0.5) is 0 Å². The molecule has 22 heavy (non-hydrogen) atoms. The van der Waals surface area contributed by atoms with Crippen molar-refractivity contribution >= 4 is 39.1 Å². The summed E-state index contributed by atoms with van der Waals surface area (Å²) in [6, 6.07) is 14.7. The number of carbonyl (C=O) groups is 1. The zero-order valence-corrected chi connectivity index (χ0v) is 14.2. The van der Waals surface area contributed by atoms with Crippen LogP contribution in [0.1, 0.15) is 12.5 Å². The minimum absolute atomic E-state index is 0.133. The van der Waals surface area contributed by atoms with E-state index in [0.717, 1.165) is 11.3 Å². The Bertz CT molecular complexity index is 690. The van der Waals surface area contributed by atoms with E-state index in [1.807, 2.05) is 37.3 Å². The van der Waals surface area contributed by atoms with E-state index in [1.165, 1.54) is 0 Å². The highest BCUT2D eigenvalue weighted by atomic mass is 79.9. The van der Waals surface area contributed by atoms with Crippen molar-refractivity contribution in [3.8, 4) is 5.75 Å². The number of hydrogen-bond donors (Lipinski definition) is 1. The van der Waals surface area contributed by atoms with Gasteiger partial charge in [0.2, 0.25) is 0 Å². The van der Waals surface area contributed by atoms with Crippen LogP contribution in [0, 0.1) is 0 Å². The number of nitrogens with zero attached hydrogens (tertiary/aromatic N) is 1. The fourth-order valence-corrected chi connectivity index (χ4v) is 2.46. The molecule has 2 aromatic carbocycles. The quantitative estimate of drug-likeness (QED) is 0.628. The monoisotopic (exact) mass is 380 g/mol. The van der Waals surface area contributed by atoms with Crippen LogP contribution >= 0.6 is 27.5 Å². The Kier molecular flexibility index (Phi) is 5.98. The van der Waals surface area contributed by atoms with Crippen LogP contribution in [0.15, 0.2) is 58.1 Å². The molecule has 0 atom stereocenters. The number of halogens is 2. The molecular weight excluding hydrogens is 368 g/mol. The first kappa shape index (κ1) is 16.5. The van der Waals surface area contributed by atoms with Crippen molar-refractivity contribution in [3.05, 3.63) is 63.6 Å². The summed E-state index contributed by atoms with van der Waals surface area (Å²) in [6.45, 7) is 1.69. The van der Waals surface area contributed by atoms with Crippen LogP contribution in [0.2, 0.25) is 5.02 Å². The first-order valence-electron chi connectivity index (χ1n) is 6.52. The summed E-state index contributed by atoms with van der Waals surface area (Å²) >= 11 is 9.16. The lowest BCUT2D eigenvalue weighted by Gasteiger charge is -2.07. The van der Waals surface area contributed by atoms with Crippen molar-refractivity contribution in [2.24, 2.45) is 5.10 Å². The molecule has 6 heteroatoms. The molecule has 0 aromatic heterocycles. The molecule has 0 saturated carbocycles. The third-order valence-corrected chi connectivity index (χ3v) is 3.65. The lowest BCUT2D eigenvalue weighted by Crippen LogP contribution is -2.25. The molecule has 4 nitrogen and oxygen atoms in total. The second-order valence-corrected chi connectivity index (χ2v) is 5.75. The van der Waals surface area contributed by atoms with Gasteiger partial charge in [-0.15, -0.1) is 0 Å².